The molecule has 1 aromatic heterocycles. The summed E-state index contributed by atoms with van der Waals surface area (Å²) in [5.74, 6) is 1.82. The first kappa shape index (κ1) is 19.9. The Morgan fingerprint density at radius 1 is 1.29 bits per heavy atom. The number of ether oxygens (including phenoxy) is 2. The molecule has 1 aliphatic rings. The average molecular weight is 385 g/mol. The van der Waals surface area contributed by atoms with E-state index < -0.39 is 0 Å². The van der Waals surface area contributed by atoms with Crippen LogP contribution in [0.25, 0.3) is 0 Å². The SMILES string of the molecule is CCc1c(C)nc(C2CCCN2C(=O)Cc2ccc(OC)c(OC)c2)[nH]c1=O. The molecule has 1 N–H and O–H groups in total. The number of carbonyl (C=O) groups is 1. The van der Waals surface area contributed by atoms with Gasteiger partial charge in [0.2, 0.25) is 5.91 Å². The Morgan fingerprint density at radius 2 is 2.04 bits per heavy atom. The molecule has 150 valence electrons. The lowest BCUT2D eigenvalue weighted by Gasteiger charge is -2.24. The van der Waals surface area contributed by atoms with Crippen LogP contribution in [0.15, 0.2) is 23.0 Å². The van der Waals surface area contributed by atoms with E-state index in [0.29, 0.717) is 35.9 Å². The van der Waals surface area contributed by atoms with E-state index in [0.717, 1.165) is 24.1 Å². The van der Waals surface area contributed by atoms with Crippen LogP contribution >= 0.6 is 0 Å². The number of nitrogens with one attached hydrogen (secondary N) is 1. The van der Waals surface area contributed by atoms with Gasteiger partial charge in [0.25, 0.3) is 5.56 Å². The van der Waals surface area contributed by atoms with Crippen molar-refractivity contribution in [3.8, 4) is 11.5 Å². The normalized spacial score (nSPS) is 16.3. The average Bonchev–Trinajstić information content (AvgIpc) is 3.17. The highest BCUT2D eigenvalue weighted by Crippen LogP contribution is 2.32. The van der Waals surface area contributed by atoms with E-state index in [2.05, 4.69) is 9.97 Å². The van der Waals surface area contributed by atoms with Gasteiger partial charge in [-0.2, -0.15) is 0 Å². The van der Waals surface area contributed by atoms with Gasteiger partial charge < -0.3 is 19.4 Å². The Hall–Kier alpha value is -2.83. The van der Waals surface area contributed by atoms with Crippen molar-refractivity contribution in [2.24, 2.45) is 0 Å². The number of hydrogen-bond donors (Lipinski definition) is 1. The molecule has 0 saturated carbocycles. The Bertz CT molecular complexity index is 922. The molecule has 0 aliphatic carbocycles. The Balaban J connectivity index is 1.81. The van der Waals surface area contributed by atoms with Gasteiger partial charge in [-0.3, -0.25) is 9.59 Å². The zero-order valence-corrected chi connectivity index (χ0v) is 16.9. The summed E-state index contributed by atoms with van der Waals surface area (Å²) in [7, 11) is 3.15. The van der Waals surface area contributed by atoms with Crippen LogP contribution in [0.5, 0.6) is 11.5 Å². The van der Waals surface area contributed by atoms with Gasteiger partial charge in [0.1, 0.15) is 5.82 Å². The second-order valence-corrected chi connectivity index (χ2v) is 6.98. The van der Waals surface area contributed by atoms with E-state index >= 15 is 0 Å². The Kier molecular flexibility index (Phi) is 6.02. The summed E-state index contributed by atoms with van der Waals surface area (Å²) < 4.78 is 10.6. The van der Waals surface area contributed by atoms with Crippen LogP contribution in [0.2, 0.25) is 0 Å². The third-order valence-electron chi connectivity index (χ3n) is 5.29. The predicted octanol–water partition coefficient (Wildman–Crippen LogP) is 2.56. The Labute approximate surface area is 164 Å². The van der Waals surface area contributed by atoms with Crippen LogP contribution in [-0.2, 0) is 17.6 Å². The number of hydrogen-bond acceptors (Lipinski definition) is 5. The Morgan fingerprint density at radius 3 is 2.68 bits per heavy atom. The highest BCUT2D eigenvalue weighted by Gasteiger charge is 2.32. The minimum absolute atomic E-state index is 0.00888. The van der Waals surface area contributed by atoms with Crippen molar-refractivity contribution in [1.29, 1.82) is 0 Å². The fraction of sp³-hybridized carbons (Fsp3) is 0.476. The van der Waals surface area contributed by atoms with Crippen molar-refractivity contribution >= 4 is 5.91 Å². The largest absolute Gasteiger partial charge is 0.493 e. The van der Waals surface area contributed by atoms with E-state index in [4.69, 9.17) is 9.47 Å². The number of likely N-dealkylation sites (tertiary alicyclic amines) is 1. The molecule has 1 saturated heterocycles. The first-order chi connectivity index (χ1) is 13.5. The van der Waals surface area contributed by atoms with Gasteiger partial charge in [-0.1, -0.05) is 13.0 Å². The van der Waals surface area contributed by atoms with Gasteiger partial charge >= 0.3 is 0 Å². The van der Waals surface area contributed by atoms with Crippen LogP contribution in [0.4, 0.5) is 0 Å². The first-order valence-corrected chi connectivity index (χ1v) is 9.58. The highest BCUT2D eigenvalue weighted by atomic mass is 16.5. The molecule has 1 amide bonds. The smallest absolute Gasteiger partial charge is 0.254 e. The second kappa shape index (κ2) is 8.46. The van der Waals surface area contributed by atoms with Crippen molar-refractivity contribution in [1.82, 2.24) is 14.9 Å². The summed E-state index contributed by atoms with van der Waals surface area (Å²) in [6.45, 7) is 4.45. The number of benzene rings is 1. The van der Waals surface area contributed by atoms with Gasteiger partial charge in [0, 0.05) is 17.8 Å². The number of carbonyl (C=O) groups excluding carboxylic acids is 1. The maximum atomic E-state index is 13.0. The molecule has 28 heavy (non-hydrogen) atoms. The molecule has 7 nitrogen and oxygen atoms in total. The number of aromatic amines is 1. The summed E-state index contributed by atoms with van der Waals surface area (Å²) >= 11 is 0. The van der Waals surface area contributed by atoms with Gasteiger partial charge in [-0.15, -0.1) is 0 Å². The molecular weight excluding hydrogens is 358 g/mol. The molecule has 7 heteroatoms. The number of rotatable bonds is 6. The molecular formula is C21H27N3O4. The van der Waals surface area contributed by atoms with Crippen LogP contribution in [0, 0.1) is 6.92 Å². The van der Waals surface area contributed by atoms with E-state index in [1.807, 2.05) is 30.9 Å². The molecule has 2 heterocycles. The fourth-order valence-corrected chi connectivity index (χ4v) is 3.82. The lowest BCUT2D eigenvalue weighted by molar-refractivity contribution is -0.131. The molecule has 1 fully saturated rings. The number of amides is 1. The molecule has 1 atom stereocenters. The monoisotopic (exact) mass is 385 g/mol. The van der Waals surface area contributed by atoms with Crippen molar-refractivity contribution < 1.29 is 14.3 Å². The van der Waals surface area contributed by atoms with Crippen molar-refractivity contribution in [3.63, 3.8) is 0 Å². The standard InChI is InChI=1S/C21H27N3O4/c1-5-15-13(2)22-20(23-21(15)26)16-7-6-10-24(16)19(25)12-14-8-9-17(27-3)18(11-14)28-4/h8-9,11,16H,5-7,10,12H2,1-4H3,(H,22,23,26). The molecule has 1 aliphatic heterocycles. The van der Waals surface area contributed by atoms with Gasteiger partial charge in [-0.05, 0) is 43.9 Å². The van der Waals surface area contributed by atoms with Gasteiger partial charge in [0.15, 0.2) is 11.5 Å². The predicted molar refractivity (Wildman–Crippen MR) is 106 cm³/mol. The number of H-pyrrole nitrogens is 1. The van der Waals surface area contributed by atoms with E-state index in [1.54, 1.807) is 20.3 Å². The summed E-state index contributed by atoms with van der Waals surface area (Å²) in [5.41, 5.74) is 2.18. The molecule has 1 aromatic carbocycles. The summed E-state index contributed by atoms with van der Waals surface area (Å²) in [4.78, 5) is 34.6. The van der Waals surface area contributed by atoms with Crippen molar-refractivity contribution in [2.45, 2.75) is 45.6 Å². The summed E-state index contributed by atoms with van der Waals surface area (Å²) in [6, 6.07) is 5.30. The second-order valence-electron chi connectivity index (χ2n) is 6.98. The maximum absolute atomic E-state index is 13.0. The maximum Gasteiger partial charge on any atom is 0.254 e. The van der Waals surface area contributed by atoms with Gasteiger partial charge in [0.05, 0.1) is 26.7 Å². The van der Waals surface area contributed by atoms with E-state index in [9.17, 15) is 9.59 Å². The summed E-state index contributed by atoms with van der Waals surface area (Å²) in [5, 5.41) is 0. The quantitative estimate of drug-likeness (QED) is 0.826. The van der Waals surface area contributed by atoms with Crippen LogP contribution in [0.3, 0.4) is 0 Å². The fourth-order valence-electron chi connectivity index (χ4n) is 3.82. The lowest BCUT2D eigenvalue weighted by Crippen LogP contribution is -2.34. The van der Waals surface area contributed by atoms with Crippen LogP contribution < -0.4 is 15.0 Å². The zero-order valence-electron chi connectivity index (χ0n) is 16.9. The van der Waals surface area contributed by atoms with Crippen molar-refractivity contribution in [2.75, 3.05) is 20.8 Å². The molecule has 3 rings (SSSR count). The third-order valence-corrected chi connectivity index (χ3v) is 5.29. The number of aryl methyl sites for hydroxylation is 1. The molecule has 1 unspecified atom stereocenters. The first-order valence-electron chi connectivity index (χ1n) is 9.58. The molecule has 0 bridgehead atoms. The number of nitrogens with zero attached hydrogens (tertiary/aromatic N) is 2. The lowest BCUT2D eigenvalue weighted by atomic mass is 10.1. The van der Waals surface area contributed by atoms with E-state index in [-0.39, 0.29) is 23.9 Å². The number of aromatic nitrogens is 2. The van der Waals surface area contributed by atoms with Gasteiger partial charge in [-0.25, -0.2) is 4.98 Å². The third kappa shape index (κ3) is 3.88. The minimum Gasteiger partial charge on any atom is -0.493 e. The van der Waals surface area contributed by atoms with Crippen LogP contribution in [-0.4, -0.2) is 41.5 Å². The van der Waals surface area contributed by atoms with E-state index in [1.165, 1.54) is 0 Å². The molecule has 0 spiro atoms. The zero-order chi connectivity index (χ0) is 20.3. The van der Waals surface area contributed by atoms with Crippen molar-refractivity contribution in [3.05, 3.63) is 51.2 Å². The topological polar surface area (TPSA) is 84.5 Å². The molecule has 2 aromatic rings. The minimum atomic E-state index is -0.190. The summed E-state index contributed by atoms with van der Waals surface area (Å²) in [6.07, 6.45) is 2.58. The molecule has 0 radical (unpaired) electrons. The van der Waals surface area contributed by atoms with Crippen LogP contribution in [0.1, 0.15) is 48.5 Å². The highest BCUT2D eigenvalue weighted by molar-refractivity contribution is 5.79. The number of methoxy groups -OCH3 is 2.